The molecule has 3 nitrogen and oxygen atoms in total. The molecule has 2 aromatic rings. The summed E-state index contributed by atoms with van der Waals surface area (Å²) in [5.74, 6) is 1.40. The van der Waals surface area contributed by atoms with Crippen LogP contribution in [0.25, 0.3) is 0 Å². The number of nitrogens with one attached hydrogen (secondary N) is 1. The van der Waals surface area contributed by atoms with Crippen LogP contribution in [0.4, 0.5) is 0 Å². The van der Waals surface area contributed by atoms with Crippen LogP contribution < -0.4 is 5.32 Å². The molecule has 0 unspecified atom stereocenters. The minimum absolute atomic E-state index is 0.0774. The first-order valence-electron chi connectivity index (χ1n) is 5.58. The Morgan fingerprint density at radius 2 is 2.06 bits per heavy atom. The highest BCUT2D eigenvalue weighted by Crippen LogP contribution is 2.23. The van der Waals surface area contributed by atoms with Gasteiger partial charge in [-0.2, -0.15) is 0 Å². The van der Waals surface area contributed by atoms with Crippen molar-refractivity contribution in [1.82, 2.24) is 5.32 Å². The van der Waals surface area contributed by atoms with Crippen molar-refractivity contribution in [2.45, 2.75) is 27.3 Å². The van der Waals surface area contributed by atoms with Crippen LogP contribution >= 0.6 is 27.3 Å². The largest absolute Gasteiger partial charge is 0.466 e. The fourth-order valence-electron chi connectivity index (χ4n) is 1.83. The normalized spacial score (nSPS) is 10.7. The first-order valence-corrected chi connectivity index (χ1v) is 7.19. The Balaban J connectivity index is 2.08. The van der Waals surface area contributed by atoms with Gasteiger partial charge in [0.05, 0.1) is 15.9 Å². The molecule has 0 atom stereocenters. The average Bonchev–Trinajstić information content (AvgIpc) is 2.82. The maximum absolute atomic E-state index is 12.1. The maximum atomic E-state index is 12.1. The van der Waals surface area contributed by atoms with E-state index in [9.17, 15) is 4.79 Å². The number of carbonyl (C=O) groups excluding carboxylic acids is 1. The molecule has 2 heterocycles. The molecular formula is C13H14BrNO2S. The summed E-state index contributed by atoms with van der Waals surface area (Å²) in [5, 5.41) is 2.91. The van der Waals surface area contributed by atoms with E-state index in [1.165, 1.54) is 0 Å². The van der Waals surface area contributed by atoms with Gasteiger partial charge in [-0.3, -0.25) is 4.79 Å². The third-order valence-electron chi connectivity index (χ3n) is 2.84. The molecule has 0 aliphatic heterocycles. The van der Waals surface area contributed by atoms with E-state index in [4.69, 9.17) is 4.42 Å². The van der Waals surface area contributed by atoms with Crippen LogP contribution in [-0.2, 0) is 6.54 Å². The van der Waals surface area contributed by atoms with Gasteiger partial charge in [0.25, 0.3) is 5.91 Å². The van der Waals surface area contributed by atoms with Crippen molar-refractivity contribution in [2.75, 3.05) is 0 Å². The van der Waals surface area contributed by atoms with Gasteiger partial charge in [-0.15, -0.1) is 11.3 Å². The number of hydrogen-bond donors (Lipinski definition) is 1. The van der Waals surface area contributed by atoms with Crippen molar-refractivity contribution >= 4 is 33.2 Å². The van der Waals surface area contributed by atoms with Gasteiger partial charge in [-0.05, 0) is 48.8 Å². The summed E-state index contributed by atoms with van der Waals surface area (Å²) in [6.45, 7) is 6.13. The predicted molar refractivity (Wildman–Crippen MR) is 76.1 cm³/mol. The third kappa shape index (κ3) is 2.67. The van der Waals surface area contributed by atoms with Crippen LogP contribution in [-0.4, -0.2) is 5.91 Å². The van der Waals surface area contributed by atoms with E-state index in [2.05, 4.69) is 21.2 Å². The molecule has 2 rings (SSSR count). The monoisotopic (exact) mass is 327 g/mol. The summed E-state index contributed by atoms with van der Waals surface area (Å²) in [5.41, 5.74) is 1.57. The van der Waals surface area contributed by atoms with Gasteiger partial charge in [0.2, 0.25) is 0 Å². The number of rotatable bonds is 3. The van der Waals surface area contributed by atoms with Gasteiger partial charge in [-0.1, -0.05) is 0 Å². The van der Waals surface area contributed by atoms with Gasteiger partial charge in [0.1, 0.15) is 11.5 Å². The van der Waals surface area contributed by atoms with Crippen LogP contribution in [0.1, 0.15) is 32.3 Å². The SMILES string of the molecule is Cc1oc(C)c(C(=O)NCc2ccc(Br)s2)c1C. The van der Waals surface area contributed by atoms with E-state index < -0.39 is 0 Å². The Kier molecular flexibility index (Phi) is 3.92. The lowest BCUT2D eigenvalue weighted by atomic mass is 10.1. The van der Waals surface area contributed by atoms with E-state index in [-0.39, 0.29) is 5.91 Å². The second-order valence-electron chi connectivity index (χ2n) is 4.10. The molecule has 1 N–H and O–H groups in total. The highest BCUT2D eigenvalue weighted by Gasteiger charge is 2.18. The van der Waals surface area contributed by atoms with Crippen molar-refractivity contribution in [3.63, 3.8) is 0 Å². The third-order valence-corrected chi connectivity index (χ3v) is 4.46. The minimum Gasteiger partial charge on any atom is -0.466 e. The lowest BCUT2D eigenvalue weighted by Crippen LogP contribution is -2.23. The van der Waals surface area contributed by atoms with Crippen molar-refractivity contribution in [3.8, 4) is 0 Å². The number of thiophene rings is 1. The number of amides is 1. The smallest absolute Gasteiger partial charge is 0.255 e. The number of furan rings is 1. The summed E-state index contributed by atoms with van der Waals surface area (Å²) in [7, 11) is 0. The summed E-state index contributed by atoms with van der Waals surface area (Å²) in [6, 6.07) is 3.97. The van der Waals surface area contributed by atoms with Crippen LogP contribution in [0.2, 0.25) is 0 Å². The highest BCUT2D eigenvalue weighted by molar-refractivity contribution is 9.11. The fraction of sp³-hybridized carbons (Fsp3) is 0.308. The number of carbonyl (C=O) groups is 1. The van der Waals surface area contributed by atoms with Gasteiger partial charge in [0, 0.05) is 10.4 Å². The second-order valence-corrected chi connectivity index (χ2v) is 6.65. The van der Waals surface area contributed by atoms with Gasteiger partial charge in [0.15, 0.2) is 0 Å². The Labute approximate surface area is 118 Å². The Bertz CT molecular complexity index is 586. The second kappa shape index (κ2) is 5.28. The van der Waals surface area contributed by atoms with Gasteiger partial charge >= 0.3 is 0 Å². The highest BCUT2D eigenvalue weighted by atomic mass is 79.9. The molecule has 0 aromatic carbocycles. The molecule has 0 aliphatic carbocycles. The van der Waals surface area contributed by atoms with Crippen molar-refractivity contribution in [2.24, 2.45) is 0 Å². The Morgan fingerprint density at radius 3 is 2.56 bits per heavy atom. The van der Waals surface area contributed by atoms with Crippen LogP contribution in [0.3, 0.4) is 0 Å². The number of halogens is 1. The Morgan fingerprint density at radius 1 is 1.33 bits per heavy atom. The summed E-state index contributed by atoms with van der Waals surface area (Å²) in [4.78, 5) is 13.2. The lowest BCUT2D eigenvalue weighted by molar-refractivity contribution is 0.0949. The van der Waals surface area contributed by atoms with Gasteiger partial charge in [-0.25, -0.2) is 0 Å². The molecular weight excluding hydrogens is 314 g/mol. The van der Waals surface area contributed by atoms with E-state index in [1.807, 2.05) is 32.9 Å². The number of hydrogen-bond acceptors (Lipinski definition) is 3. The van der Waals surface area contributed by atoms with Crippen molar-refractivity contribution in [3.05, 3.63) is 43.4 Å². The molecule has 0 saturated carbocycles. The fourth-order valence-corrected chi connectivity index (χ4v) is 3.25. The Hall–Kier alpha value is -1.07. The molecule has 0 spiro atoms. The molecule has 0 saturated heterocycles. The van der Waals surface area contributed by atoms with Crippen molar-refractivity contribution < 1.29 is 9.21 Å². The molecule has 96 valence electrons. The van der Waals surface area contributed by atoms with Gasteiger partial charge < -0.3 is 9.73 Å². The molecule has 18 heavy (non-hydrogen) atoms. The quantitative estimate of drug-likeness (QED) is 0.927. The molecule has 1 amide bonds. The zero-order chi connectivity index (χ0) is 13.3. The van der Waals surface area contributed by atoms with Crippen LogP contribution in [0.5, 0.6) is 0 Å². The van der Waals surface area contributed by atoms with Crippen LogP contribution in [0, 0.1) is 20.8 Å². The standard InChI is InChI=1S/C13H14BrNO2S/c1-7-8(2)17-9(3)12(7)13(16)15-6-10-4-5-11(14)18-10/h4-5H,6H2,1-3H3,(H,15,16). The topological polar surface area (TPSA) is 42.2 Å². The summed E-state index contributed by atoms with van der Waals surface area (Å²) in [6.07, 6.45) is 0. The summed E-state index contributed by atoms with van der Waals surface area (Å²) < 4.78 is 6.52. The first kappa shape index (κ1) is 13.4. The average molecular weight is 328 g/mol. The maximum Gasteiger partial charge on any atom is 0.255 e. The zero-order valence-electron chi connectivity index (χ0n) is 10.5. The lowest BCUT2D eigenvalue weighted by Gasteiger charge is -2.03. The van der Waals surface area contributed by atoms with E-state index in [0.717, 1.165) is 20.0 Å². The molecule has 2 aromatic heterocycles. The van der Waals surface area contributed by atoms with Crippen LogP contribution in [0.15, 0.2) is 20.3 Å². The molecule has 5 heteroatoms. The summed E-state index contributed by atoms with van der Waals surface area (Å²) >= 11 is 5.02. The molecule has 0 aliphatic rings. The van der Waals surface area contributed by atoms with E-state index >= 15 is 0 Å². The minimum atomic E-state index is -0.0774. The predicted octanol–water partition coefficient (Wildman–Crippen LogP) is 3.96. The molecule has 0 bridgehead atoms. The molecule has 0 fully saturated rings. The van der Waals surface area contributed by atoms with Crippen molar-refractivity contribution in [1.29, 1.82) is 0 Å². The first-order chi connectivity index (χ1) is 8.49. The zero-order valence-corrected chi connectivity index (χ0v) is 12.9. The number of aryl methyl sites for hydroxylation is 2. The van der Waals surface area contributed by atoms with E-state index in [0.29, 0.717) is 17.9 Å². The van der Waals surface area contributed by atoms with E-state index in [1.54, 1.807) is 11.3 Å². The molecule has 0 radical (unpaired) electrons.